The molecule has 0 saturated carbocycles. The second-order valence-corrected chi connectivity index (χ2v) is 4.82. The fourth-order valence-electron chi connectivity index (χ4n) is 1.69. The highest BCUT2D eigenvalue weighted by Gasteiger charge is 2.24. The van der Waals surface area contributed by atoms with Crippen molar-refractivity contribution < 1.29 is 9.59 Å². The Morgan fingerprint density at radius 1 is 1.12 bits per heavy atom. The molecule has 3 heteroatoms. The van der Waals surface area contributed by atoms with Gasteiger partial charge >= 0.3 is 0 Å². The molecule has 0 heterocycles. The summed E-state index contributed by atoms with van der Waals surface area (Å²) in [4.78, 5) is 23.8. The number of allylic oxidation sites excluding steroid dienone is 1. The van der Waals surface area contributed by atoms with Crippen molar-refractivity contribution in [1.29, 1.82) is 0 Å². The molecule has 1 aromatic rings. The molecule has 0 fully saturated rings. The molecule has 1 aliphatic carbocycles. The van der Waals surface area contributed by atoms with Crippen LogP contribution >= 0.6 is 11.8 Å². The van der Waals surface area contributed by atoms with Gasteiger partial charge in [-0.3, -0.25) is 9.59 Å². The van der Waals surface area contributed by atoms with Crippen LogP contribution < -0.4 is 0 Å². The SMILES string of the molecule is CCSCC1=CC(=O)c2ccccc2C1=O. The van der Waals surface area contributed by atoms with Crippen molar-refractivity contribution in [2.24, 2.45) is 0 Å². The van der Waals surface area contributed by atoms with Crippen LogP contribution in [0.15, 0.2) is 35.9 Å². The minimum atomic E-state index is -0.0538. The number of ketones is 2. The first kappa shape index (κ1) is 11.1. The van der Waals surface area contributed by atoms with Gasteiger partial charge in [-0.2, -0.15) is 11.8 Å². The highest BCUT2D eigenvalue weighted by molar-refractivity contribution is 7.99. The van der Waals surface area contributed by atoms with Crippen molar-refractivity contribution in [2.45, 2.75) is 6.92 Å². The van der Waals surface area contributed by atoms with Gasteiger partial charge in [-0.05, 0) is 11.8 Å². The summed E-state index contributed by atoms with van der Waals surface area (Å²) in [6.45, 7) is 2.04. The molecule has 0 aromatic heterocycles. The van der Waals surface area contributed by atoms with Crippen LogP contribution in [0.2, 0.25) is 0 Å². The Hall–Kier alpha value is -1.35. The number of hydrogen-bond donors (Lipinski definition) is 0. The molecule has 0 bridgehead atoms. The minimum Gasteiger partial charge on any atom is -0.289 e. The lowest BCUT2D eigenvalue weighted by Gasteiger charge is -2.14. The van der Waals surface area contributed by atoms with Crippen LogP contribution in [0, 0.1) is 0 Å². The number of carbonyl (C=O) groups excluding carboxylic acids is 2. The van der Waals surface area contributed by atoms with Crippen molar-refractivity contribution in [3.05, 3.63) is 47.0 Å². The molecule has 0 aliphatic heterocycles. The molecule has 0 unspecified atom stereocenters. The molecule has 0 amide bonds. The molecule has 2 rings (SSSR count). The van der Waals surface area contributed by atoms with Gasteiger partial charge in [0.1, 0.15) is 0 Å². The molecule has 0 radical (unpaired) electrons. The monoisotopic (exact) mass is 232 g/mol. The van der Waals surface area contributed by atoms with Gasteiger partial charge in [0.25, 0.3) is 0 Å². The van der Waals surface area contributed by atoms with E-state index in [0.29, 0.717) is 22.5 Å². The van der Waals surface area contributed by atoms with E-state index in [1.807, 2.05) is 6.92 Å². The van der Waals surface area contributed by atoms with Crippen molar-refractivity contribution in [3.63, 3.8) is 0 Å². The fraction of sp³-hybridized carbons (Fsp3) is 0.231. The maximum Gasteiger partial charge on any atom is 0.190 e. The van der Waals surface area contributed by atoms with Crippen LogP contribution in [-0.2, 0) is 0 Å². The quantitative estimate of drug-likeness (QED) is 0.803. The Morgan fingerprint density at radius 3 is 2.50 bits per heavy atom. The predicted molar refractivity (Wildman–Crippen MR) is 66.2 cm³/mol. The number of hydrogen-bond acceptors (Lipinski definition) is 3. The summed E-state index contributed by atoms with van der Waals surface area (Å²) in [6, 6.07) is 7.00. The second-order valence-electron chi connectivity index (χ2n) is 3.55. The molecule has 1 aromatic carbocycles. The molecule has 0 saturated heterocycles. The third kappa shape index (κ3) is 1.95. The molecular formula is C13H12O2S. The van der Waals surface area contributed by atoms with Crippen LogP contribution in [0.25, 0.3) is 0 Å². The standard InChI is InChI=1S/C13H12O2S/c1-2-16-8-9-7-12(14)10-5-3-4-6-11(10)13(9)15/h3-7H,2,8H2,1H3. The molecular weight excluding hydrogens is 220 g/mol. The Labute approximate surface area is 98.7 Å². The van der Waals surface area contributed by atoms with E-state index < -0.39 is 0 Å². The van der Waals surface area contributed by atoms with E-state index in [4.69, 9.17) is 0 Å². The van der Waals surface area contributed by atoms with Crippen molar-refractivity contribution in [1.82, 2.24) is 0 Å². The Bertz CT molecular complexity index is 475. The average molecular weight is 232 g/mol. The van der Waals surface area contributed by atoms with Crippen LogP contribution in [-0.4, -0.2) is 23.1 Å². The first-order valence-electron chi connectivity index (χ1n) is 5.20. The number of Topliss-reactive ketones (excluding diaryl/α,β-unsaturated/α-hetero) is 1. The highest BCUT2D eigenvalue weighted by Crippen LogP contribution is 2.23. The molecule has 0 spiro atoms. The zero-order chi connectivity index (χ0) is 11.5. The average Bonchev–Trinajstić information content (AvgIpc) is 2.32. The Balaban J connectivity index is 2.36. The molecule has 0 N–H and O–H groups in total. The molecule has 1 aliphatic rings. The first-order valence-corrected chi connectivity index (χ1v) is 6.36. The zero-order valence-corrected chi connectivity index (χ0v) is 9.84. The van der Waals surface area contributed by atoms with Gasteiger partial charge in [-0.1, -0.05) is 31.2 Å². The van der Waals surface area contributed by atoms with Gasteiger partial charge in [0.05, 0.1) is 0 Å². The van der Waals surface area contributed by atoms with Gasteiger partial charge < -0.3 is 0 Å². The lowest BCUT2D eigenvalue weighted by molar-refractivity contribution is 0.0985. The summed E-state index contributed by atoms with van der Waals surface area (Å²) in [6.07, 6.45) is 1.48. The maximum absolute atomic E-state index is 12.0. The van der Waals surface area contributed by atoms with Crippen LogP contribution in [0.5, 0.6) is 0 Å². The number of benzene rings is 1. The largest absolute Gasteiger partial charge is 0.289 e. The van der Waals surface area contributed by atoms with E-state index in [1.165, 1.54) is 6.08 Å². The molecule has 2 nitrogen and oxygen atoms in total. The van der Waals surface area contributed by atoms with E-state index in [2.05, 4.69) is 0 Å². The van der Waals surface area contributed by atoms with E-state index in [9.17, 15) is 9.59 Å². The third-order valence-corrected chi connectivity index (χ3v) is 3.42. The van der Waals surface area contributed by atoms with Crippen molar-refractivity contribution in [3.8, 4) is 0 Å². The fourth-order valence-corrected chi connectivity index (χ4v) is 2.33. The number of thioether (sulfide) groups is 1. The molecule has 16 heavy (non-hydrogen) atoms. The second kappa shape index (κ2) is 4.66. The van der Waals surface area contributed by atoms with Gasteiger partial charge in [-0.25, -0.2) is 0 Å². The summed E-state index contributed by atoms with van der Waals surface area (Å²) in [7, 11) is 0. The Morgan fingerprint density at radius 2 is 1.81 bits per heavy atom. The van der Waals surface area contributed by atoms with Gasteiger partial charge in [-0.15, -0.1) is 0 Å². The van der Waals surface area contributed by atoms with Crippen molar-refractivity contribution in [2.75, 3.05) is 11.5 Å². The smallest absolute Gasteiger partial charge is 0.190 e. The lowest BCUT2D eigenvalue weighted by atomic mass is 9.90. The molecule has 0 atom stereocenters. The summed E-state index contributed by atoms with van der Waals surface area (Å²) < 4.78 is 0. The van der Waals surface area contributed by atoms with Crippen LogP contribution in [0.3, 0.4) is 0 Å². The molecule has 82 valence electrons. The summed E-state index contributed by atoms with van der Waals surface area (Å²) in [5.74, 6) is 1.51. The van der Waals surface area contributed by atoms with Crippen molar-refractivity contribution >= 4 is 23.3 Å². The zero-order valence-electron chi connectivity index (χ0n) is 9.03. The predicted octanol–water partition coefficient (Wildman–Crippen LogP) is 2.75. The normalized spacial score (nSPS) is 14.7. The van der Waals surface area contributed by atoms with Gasteiger partial charge in [0.15, 0.2) is 11.6 Å². The Kier molecular flexibility index (Phi) is 3.25. The summed E-state index contributed by atoms with van der Waals surface area (Å²) in [5, 5.41) is 0. The topological polar surface area (TPSA) is 34.1 Å². The third-order valence-electron chi connectivity index (χ3n) is 2.50. The summed E-state index contributed by atoms with van der Waals surface area (Å²) in [5.41, 5.74) is 1.69. The number of carbonyl (C=O) groups is 2. The van der Waals surface area contributed by atoms with Gasteiger partial charge in [0, 0.05) is 22.5 Å². The van der Waals surface area contributed by atoms with E-state index in [0.717, 1.165) is 5.75 Å². The first-order chi connectivity index (χ1) is 7.74. The van der Waals surface area contributed by atoms with E-state index in [1.54, 1.807) is 36.0 Å². The van der Waals surface area contributed by atoms with Crippen LogP contribution in [0.1, 0.15) is 27.6 Å². The van der Waals surface area contributed by atoms with E-state index >= 15 is 0 Å². The van der Waals surface area contributed by atoms with Gasteiger partial charge in [0.2, 0.25) is 0 Å². The van der Waals surface area contributed by atoms with E-state index in [-0.39, 0.29) is 11.6 Å². The highest BCUT2D eigenvalue weighted by atomic mass is 32.2. The number of rotatable bonds is 3. The number of fused-ring (bicyclic) bond motifs is 1. The lowest BCUT2D eigenvalue weighted by Crippen LogP contribution is -2.18. The maximum atomic E-state index is 12.0. The minimum absolute atomic E-state index is 0.00356. The summed E-state index contributed by atoms with van der Waals surface area (Å²) >= 11 is 1.65. The van der Waals surface area contributed by atoms with Crippen LogP contribution in [0.4, 0.5) is 0 Å².